The zero-order valence-corrected chi connectivity index (χ0v) is 11.4. The van der Waals surface area contributed by atoms with Crippen LogP contribution in [-0.4, -0.2) is 41.2 Å². The molecule has 0 saturated heterocycles. The van der Waals surface area contributed by atoms with Crippen LogP contribution in [0.25, 0.3) is 0 Å². The largest absolute Gasteiger partial charge is 0.395 e. The van der Waals surface area contributed by atoms with Gasteiger partial charge in [-0.15, -0.1) is 0 Å². The molecule has 0 amide bonds. The molecule has 0 radical (unpaired) electrons. The van der Waals surface area contributed by atoms with E-state index in [9.17, 15) is 10.1 Å². The Hall–Kier alpha value is -1.46. The average Bonchev–Trinajstić information content (AvgIpc) is 2.37. The van der Waals surface area contributed by atoms with Crippen molar-refractivity contribution in [1.82, 2.24) is 4.90 Å². The lowest BCUT2D eigenvalue weighted by Gasteiger charge is -2.22. The smallest absolute Gasteiger partial charge is 0.206 e. The van der Waals surface area contributed by atoms with Gasteiger partial charge in [0.2, 0.25) is 6.54 Å². The number of aliphatic hydroxyl groups is 1. The topological polar surface area (TPSA) is 66.6 Å². The molecular weight excluding hydrogens is 244 g/mol. The molecule has 0 aromatic heterocycles. The molecule has 0 aliphatic rings. The van der Waals surface area contributed by atoms with E-state index < -0.39 is 0 Å². The van der Waals surface area contributed by atoms with Crippen LogP contribution in [0.5, 0.6) is 0 Å². The van der Waals surface area contributed by atoms with Gasteiger partial charge in [-0.25, -0.2) is 0 Å². The van der Waals surface area contributed by atoms with Crippen molar-refractivity contribution in [2.24, 2.45) is 5.92 Å². The van der Waals surface area contributed by atoms with E-state index in [4.69, 9.17) is 5.11 Å². The zero-order chi connectivity index (χ0) is 14.1. The first-order chi connectivity index (χ1) is 9.11. The van der Waals surface area contributed by atoms with E-state index in [1.165, 1.54) is 5.56 Å². The molecule has 0 aliphatic heterocycles. The van der Waals surface area contributed by atoms with Gasteiger partial charge in [-0.05, 0) is 18.5 Å². The second-order valence-corrected chi connectivity index (χ2v) is 4.89. The summed E-state index contributed by atoms with van der Waals surface area (Å²) in [6.45, 7) is 4.15. The van der Waals surface area contributed by atoms with Crippen molar-refractivity contribution < 1.29 is 10.0 Å². The predicted molar refractivity (Wildman–Crippen MR) is 74.4 cm³/mol. The molecule has 1 atom stereocenters. The van der Waals surface area contributed by atoms with Crippen molar-refractivity contribution >= 4 is 0 Å². The highest BCUT2D eigenvalue weighted by Gasteiger charge is 2.12. The molecule has 1 unspecified atom stereocenters. The normalized spacial score (nSPS) is 12.6. The monoisotopic (exact) mass is 266 g/mol. The summed E-state index contributed by atoms with van der Waals surface area (Å²) in [6.07, 6.45) is 0.772. The van der Waals surface area contributed by atoms with Crippen LogP contribution in [0.3, 0.4) is 0 Å². The van der Waals surface area contributed by atoms with Crippen molar-refractivity contribution in [3.63, 3.8) is 0 Å². The lowest BCUT2D eigenvalue weighted by atomic mass is 10.1. The van der Waals surface area contributed by atoms with E-state index in [-0.39, 0.29) is 24.0 Å². The van der Waals surface area contributed by atoms with Gasteiger partial charge < -0.3 is 5.11 Å². The maximum atomic E-state index is 10.4. The molecule has 0 spiro atoms. The summed E-state index contributed by atoms with van der Waals surface area (Å²) >= 11 is 0. The molecule has 1 rings (SSSR count). The Kier molecular flexibility index (Phi) is 7.07. The minimum atomic E-state index is -0.266. The van der Waals surface area contributed by atoms with E-state index in [0.717, 1.165) is 19.5 Å². The fourth-order valence-corrected chi connectivity index (χ4v) is 2.00. The third kappa shape index (κ3) is 6.88. The van der Waals surface area contributed by atoms with Crippen LogP contribution in [-0.2, 0) is 6.54 Å². The molecule has 1 N–H and O–H groups in total. The van der Waals surface area contributed by atoms with Crippen LogP contribution in [0, 0.1) is 16.0 Å². The highest BCUT2D eigenvalue weighted by atomic mass is 16.6. The summed E-state index contributed by atoms with van der Waals surface area (Å²) in [4.78, 5) is 12.3. The highest BCUT2D eigenvalue weighted by molar-refractivity contribution is 5.14. The summed E-state index contributed by atoms with van der Waals surface area (Å²) in [5.74, 6) is 0.0620. The number of benzene rings is 1. The van der Waals surface area contributed by atoms with Gasteiger partial charge in [0.15, 0.2) is 0 Å². The molecule has 0 fully saturated rings. The molecule has 5 nitrogen and oxygen atoms in total. The second kappa shape index (κ2) is 8.61. The van der Waals surface area contributed by atoms with Crippen LogP contribution in [0.15, 0.2) is 30.3 Å². The van der Waals surface area contributed by atoms with Gasteiger partial charge in [-0.1, -0.05) is 37.3 Å². The lowest BCUT2D eigenvalue weighted by molar-refractivity contribution is -0.487. The number of hydrogen-bond donors (Lipinski definition) is 1. The molecular formula is C14H22N2O3. The van der Waals surface area contributed by atoms with Crippen molar-refractivity contribution in [3.05, 3.63) is 46.0 Å². The number of nitrogens with zero attached hydrogens (tertiary/aromatic N) is 2. The molecule has 1 aromatic carbocycles. The third-order valence-corrected chi connectivity index (χ3v) is 3.06. The molecule has 5 heteroatoms. The van der Waals surface area contributed by atoms with Crippen molar-refractivity contribution in [2.45, 2.75) is 19.9 Å². The Labute approximate surface area is 114 Å². The first-order valence-corrected chi connectivity index (χ1v) is 6.60. The summed E-state index contributed by atoms with van der Waals surface area (Å²) in [7, 11) is 0. The Balaban J connectivity index is 2.42. The summed E-state index contributed by atoms with van der Waals surface area (Å²) in [5, 5.41) is 19.5. The first-order valence-electron chi connectivity index (χ1n) is 6.60. The Bertz CT molecular complexity index is 370. The summed E-state index contributed by atoms with van der Waals surface area (Å²) < 4.78 is 0. The molecule has 0 heterocycles. The summed E-state index contributed by atoms with van der Waals surface area (Å²) in [5.41, 5.74) is 1.19. The molecule has 0 saturated carbocycles. The Morgan fingerprint density at radius 1 is 1.32 bits per heavy atom. The molecule has 1 aromatic rings. The van der Waals surface area contributed by atoms with Crippen LogP contribution >= 0.6 is 0 Å². The van der Waals surface area contributed by atoms with Crippen LogP contribution in [0.1, 0.15) is 18.9 Å². The van der Waals surface area contributed by atoms with E-state index in [1.54, 1.807) is 0 Å². The molecule has 106 valence electrons. The quantitative estimate of drug-likeness (QED) is 0.546. The van der Waals surface area contributed by atoms with Gasteiger partial charge in [0.25, 0.3) is 0 Å². The van der Waals surface area contributed by atoms with Gasteiger partial charge in [0, 0.05) is 23.9 Å². The van der Waals surface area contributed by atoms with Gasteiger partial charge >= 0.3 is 0 Å². The zero-order valence-electron chi connectivity index (χ0n) is 11.4. The third-order valence-electron chi connectivity index (χ3n) is 3.06. The van der Waals surface area contributed by atoms with Gasteiger partial charge in [0.05, 0.1) is 6.61 Å². The standard InChI is InChI=1S/C14H22N2O3/c1-13(11-16(18)19)7-8-15(9-10-17)12-14-5-3-2-4-6-14/h2-6,13,17H,7-12H2,1H3. The van der Waals surface area contributed by atoms with E-state index in [0.29, 0.717) is 6.54 Å². The van der Waals surface area contributed by atoms with E-state index in [2.05, 4.69) is 4.90 Å². The number of rotatable bonds is 9. The number of nitro groups is 1. The summed E-state index contributed by atoms with van der Waals surface area (Å²) in [6, 6.07) is 10.0. The van der Waals surface area contributed by atoms with Crippen LogP contribution < -0.4 is 0 Å². The van der Waals surface area contributed by atoms with Gasteiger partial charge in [-0.2, -0.15) is 0 Å². The maximum absolute atomic E-state index is 10.4. The van der Waals surface area contributed by atoms with Crippen molar-refractivity contribution in [2.75, 3.05) is 26.2 Å². The Morgan fingerprint density at radius 3 is 2.58 bits per heavy atom. The molecule has 0 aliphatic carbocycles. The highest BCUT2D eigenvalue weighted by Crippen LogP contribution is 2.08. The Morgan fingerprint density at radius 2 is 2.00 bits per heavy atom. The minimum absolute atomic E-state index is 0.0122. The lowest BCUT2D eigenvalue weighted by Crippen LogP contribution is -2.29. The predicted octanol–water partition coefficient (Wildman–Crippen LogP) is 1.78. The van der Waals surface area contributed by atoms with E-state index >= 15 is 0 Å². The fraction of sp³-hybridized carbons (Fsp3) is 0.571. The first kappa shape index (κ1) is 15.6. The van der Waals surface area contributed by atoms with Crippen molar-refractivity contribution in [1.29, 1.82) is 0 Å². The average molecular weight is 266 g/mol. The molecule has 0 bridgehead atoms. The van der Waals surface area contributed by atoms with Crippen molar-refractivity contribution in [3.8, 4) is 0 Å². The van der Waals surface area contributed by atoms with Crippen LogP contribution in [0.2, 0.25) is 0 Å². The maximum Gasteiger partial charge on any atom is 0.206 e. The SMILES string of the molecule is CC(CCN(CCO)Cc1ccccc1)C[N+](=O)[O-]. The fourth-order valence-electron chi connectivity index (χ4n) is 2.00. The van der Waals surface area contributed by atoms with Crippen LogP contribution in [0.4, 0.5) is 0 Å². The van der Waals surface area contributed by atoms with Gasteiger partial charge in [0.1, 0.15) is 0 Å². The number of hydrogen-bond acceptors (Lipinski definition) is 4. The minimum Gasteiger partial charge on any atom is -0.395 e. The second-order valence-electron chi connectivity index (χ2n) is 4.89. The van der Waals surface area contributed by atoms with E-state index in [1.807, 2.05) is 37.3 Å². The number of aliphatic hydroxyl groups excluding tert-OH is 1. The van der Waals surface area contributed by atoms with Gasteiger partial charge in [-0.3, -0.25) is 15.0 Å². The molecule has 19 heavy (non-hydrogen) atoms.